The van der Waals surface area contributed by atoms with E-state index in [9.17, 15) is 22.8 Å². The number of hydrogen-bond acceptors (Lipinski definition) is 4. The van der Waals surface area contributed by atoms with Crippen LogP contribution in [-0.2, 0) is 22.4 Å². The molecule has 0 aromatic heterocycles. The summed E-state index contributed by atoms with van der Waals surface area (Å²) in [7, 11) is 1.53. The summed E-state index contributed by atoms with van der Waals surface area (Å²) in [5.74, 6) is 0.577. The number of carbonyl (C=O) groups is 2. The molecule has 2 amide bonds. The van der Waals surface area contributed by atoms with Crippen molar-refractivity contribution >= 4 is 29.3 Å². The maximum absolute atomic E-state index is 14.1. The molecule has 3 aromatic rings. The molecule has 2 aliphatic rings. The Morgan fingerprint density at radius 2 is 1.81 bits per heavy atom. The SMILES string of the molecule is COc1ccc2c(c1)C1(SCCN1C(=O)c1ccccc1C)C(=O)N2Cc1ccc(C(F)(F)F)cc1. The molecule has 1 unspecified atom stereocenters. The zero-order valence-corrected chi connectivity index (χ0v) is 20.4. The van der Waals surface area contributed by atoms with Crippen LogP contribution < -0.4 is 9.64 Å². The van der Waals surface area contributed by atoms with Crippen molar-refractivity contribution in [1.29, 1.82) is 0 Å². The number of alkyl halides is 3. The molecular formula is C27H23F3N2O3S. The van der Waals surface area contributed by atoms with Crippen LogP contribution >= 0.6 is 11.8 Å². The first kappa shape index (κ1) is 24.2. The van der Waals surface area contributed by atoms with Gasteiger partial charge < -0.3 is 14.5 Å². The number of thioether (sulfide) groups is 1. The van der Waals surface area contributed by atoms with Gasteiger partial charge in [-0.05, 0) is 54.4 Å². The second kappa shape index (κ2) is 8.89. The van der Waals surface area contributed by atoms with Crippen molar-refractivity contribution in [2.45, 2.75) is 24.5 Å². The first-order valence-corrected chi connectivity index (χ1v) is 12.3. The number of rotatable bonds is 4. The average molecular weight is 513 g/mol. The lowest BCUT2D eigenvalue weighted by Gasteiger charge is -2.33. The lowest BCUT2D eigenvalue weighted by Crippen LogP contribution is -2.50. The van der Waals surface area contributed by atoms with E-state index >= 15 is 0 Å². The molecule has 5 rings (SSSR count). The quantitative estimate of drug-likeness (QED) is 0.456. The zero-order valence-electron chi connectivity index (χ0n) is 19.6. The van der Waals surface area contributed by atoms with Crippen molar-refractivity contribution in [3.8, 4) is 5.75 Å². The van der Waals surface area contributed by atoms with Crippen LogP contribution in [0.1, 0.15) is 32.6 Å². The van der Waals surface area contributed by atoms with Gasteiger partial charge in [-0.3, -0.25) is 9.59 Å². The highest BCUT2D eigenvalue weighted by molar-refractivity contribution is 8.01. The zero-order chi connectivity index (χ0) is 25.7. The van der Waals surface area contributed by atoms with E-state index in [1.54, 1.807) is 40.1 Å². The highest BCUT2D eigenvalue weighted by Gasteiger charge is 2.59. The molecule has 0 radical (unpaired) electrons. The normalized spacial score (nSPS) is 19.2. The van der Waals surface area contributed by atoms with E-state index in [-0.39, 0.29) is 18.4 Å². The van der Waals surface area contributed by atoms with Crippen LogP contribution in [0.25, 0.3) is 0 Å². The second-order valence-corrected chi connectivity index (χ2v) is 10.0. The van der Waals surface area contributed by atoms with E-state index in [1.165, 1.54) is 31.0 Å². The minimum Gasteiger partial charge on any atom is -0.497 e. The van der Waals surface area contributed by atoms with Gasteiger partial charge >= 0.3 is 6.18 Å². The second-order valence-electron chi connectivity index (χ2n) is 8.73. The summed E-state index contributed by atoms with van der Waals surface area (Å²) in [5, 5.41) is 0. The summed E-state index contributed by atoms with van der Waals surface area (Å²) in [6.45, 7) is 2.31. The molecular weight excluding hydrogens is 489 g/mol. The largest absolute Gasteiger partial charge is 0.497 e. The van der Waals surface area contributed by atoms with Gasteiger partial charge in [-0.15, -0.1) is 11.8 Å². The van der Waals surface area contributed by atoms with Crippen molar-refractivity contribution < 1.29 is 27.5 Å². The molecule has 186 valence electrons. The number of nitrogens with zero attached hydrogens (tertiary/aromatic N) is 2. The molecule has 1 saturated heterocycles. The number of anilines is 1. The molecule has 1 spiro atoms. The Kier molecular flexibility index (Phi) is 5.98. The van der Waals surface area contributed by atoms with Gasteiger partial charge in [0, 0.05) is 23.4 Å². The third-order valence-corrected chi connectivity index (χ3v) is 8.06. The molecule has 36 heavy (non-hydrogen) atoms. The lowest BCUT2D eigenvalue weighted by molar-refractivity contribution is -0.137. The van der Waals surface area contributed by atoms with Crippen molar-refractivity contribution in [2.24, 2.45) is 0 Å². The number of hydrogen-bond donors (Lipinski definition) is 0. The van der Waals surface area contributed by atoms with Crippen LogP contribution in [0.15, 0.2) is 66.7 Å². The predicted molar refractivity (Wildman–Crippen MR) is 132 cm³/mol. The van der Waals surface area contributed by atoms with E-state index in [0.717, 1.165) is 17.7 Å². The smallest absolute Gasteiger partial charge is 0.416 e. The Morgan fingerprint density at radius 1 is 1.08 bits per heavy atom. The van der Waals surface area contributed by atoms with Crippen molar-refractivity contribution in [3.63, 3.8) is 0 Å². The summed E-state index contributed by atoms with van der Waals surface area (Å²) in [5.41, 5.74) is 2.39. The van der Waals surface area contributed by atoms with Crippen molar-refractivity contribution in [2.75, 3.05) is 24.3 Å². The summed E-state index contributed by atoms with van der Waals surface area (Å²) >= 11 is 1.39. The molecule has 3 aromatic carbocycles. The molecule has 2 heterocycles. The Morgan fingerprint density at radius 3 is 2.47 bits per heavy atom. The average Bonchev–Trinajstić information content (AvgIpc) is 3.40. The summed E-state index contributed by atoms with van der Waals surface area (Å²) in [6.07, 6.45) is -4.44. The topological polar surface area (TPSA) is 49.9 Å². The minimum absolute atomic E-state index is 0.0744. The number of halogens is 3. The van der Waals surface area contributed by atoms with E-state index < -0.39 is 16.6 Å². The third-order valence-electron chi connectivity index (χ3n) is 6.64. The first-order chi connectivity index (χ1) is 17.2. The van der Waals surface area contributed by atoms with Gasteiger partial charge in [-0.1, -0.05) is 30.3 Å². The lowest BCUT2D eigenvalue weighted by atomic mass is 10.0. The standard InChI is InChI=1S/C27H23F3N2O3S/c1-17-5-3-4-6-21(17)24(33)32-13-14-36-26(32)22-15-20(35-2)11-12-23(22)31(25(26)34)16-18-7-9-19(10-8-18)27(28,29)30/h3-12,15H,13-14,16H2,1-2H3. The van der Waals surface area contributed by atoms with Gasteiger partial charge in [0.05, 0.1) is 24.9 Å². The van der Waals surface area contributed by atoms with Gasteiger partial charge in [0.1, 0.15) is 5.75 Å². The van der Waals surface area contributed by atoms with E-state index in [1.807, 2.05) is 19.1 Å². The number of fused-ring (bicyclic) bond motifs is 2. The third kappa shape index (κ3) is 3.82. The van der Waals surface area contributed by atoms with Gasteiger partial charge in [0.25, 0.3) is 11.8 Å². The number of amides is 2. The monoisotopic (exact) mass is 512 g/mol. The predicted octanol–water partition coefficient (Wildman–Crippen LogP) is 5.61. The number of methoxy groups -OCH3 is 1. The van der Waals surface area contributed by atoms with Crippen LogP contribution in [0.2, 0.25) is 0 Å². The van der Waals surface area contributed by atoms with Gasteiger partial charge in [-0.25, -0.2) is 0 Å². The molecule has 5 nitrogen and oxygen atoms in total. The van der Waals surface area contributed by atoms with Crippen LogP contribution in [0, 0.1) is 6.92 Å². The van der Waals surface area contributed by atoms with E-state index in [0.29, 0.717) is 40.4 Å². The molecule has 2 aliphatic heterocycles. The van der Waals surface area contributed by atoms with Crippen LogP contribution in [0.4, 0.5) is 18.9 Å². The van der Waals surface area contributed by atoms with E-state index in [2.05, 4.69) is 0 Å². The van der Waals surface area contributed by atoms with E-state index in [4.69, 9.17) is 4.74 Å². The van der Waals surface area contributed by atoms with Gasteiger partial charge in [-0.2, -0.15) is 13.2 Å². The molecule has 1 fully saturated rings. The van der Waals surface area contributed by atoms with Crippen molar-refractivity contribution in [1.82, 2.24) is 4.90 Å². The summed E-state index contributed by atoms with van der Waals surface area (Å²) in [4.78, 5) is 29.8. The number of ether oxygens (including phenoxy) is 1. The fraction of sp³-hybridized carbons (Fsp3) is 0.259. The number of aryl methyl sites for hydroxylation is 1. The molecule has 0 saturated carbocycles. The fourth-order valence-corrected chi connectivity index (χ4v) is 6.27. The fourth-order valence-electron chi connectivity index (χ4n) is 4.82. The van der Waals surface area contributed by atoms with Gasteiger partial charge in [0.15, 0.2) is 4.87 Å². The maximum atomic E-state index is 14.1. The summed E-state index contributed by atoms with van der Waals surface area (Å²) < 4.78 is 44.5. The molecule has 0 aliphatic carbocycles. The van der Waals surface area contributed by atoms with Crippen LogP contribution in [0.3, 0.4) is 0 Å². The van der Waals surface area contributed by atoms with Crippen LogP contribution in [-0.4, -0.2) is 36.1 Å². The van der Waals surface area contributed by atoms with Crippen molar-refractivity contribution in [3.05, 3.63) is 94.5 Å². The van der Waals surface area contributed by atoms with Crippen LogP contribution in [0.5, 0.6) is 5.75 Å². The van der Waals surface area contributed by atoms with Gasteiger partial charge in [0.2, 0.25) is 0 Å². The Labute approximate surface area is 210 Å². The first-order valence-electron chi connectivity index (χ1n) is 11.3. The minimum atomic E-state index is -4.44. The Balaban J connectivity index is 1.57. The Bertz CT molecular complexity index is 1340. The molecule has 9 heteroatoms. The highest BCUT2D eigenvalue weighted by atomic mass is 32.2. The molecule has 0 N–H and O–H groups in total. The number of benzene rings is 3. The highest BCUT2D eigenvalue weighted by Crippen LogP contribution is 2.55. The Hall–Kier alpha value is -3.46. The number of carbonyl (C=O) groups excluding carboxylic acids is 2. The molecule has 0 bridgehead atoms. The summed E-state index contributed by atoms with van der Waals surface area (Å²) in [6, 6.07) is 17.3. The maximum Gasteiger partial charge on any atom is 0.416 e. The molecule has 1 atom stereocenters.